The fourth-order valence-electron chi connectivity index (χ4n) is 1.70. The molecule has 1 aromatic carbocycles. The first kappa shape index (κ1) is 22.4. The Labute approximate surface area is 154 Å². The first-order valence-electron chi connectivity index (χ1n) is 8.56. The van der Waals surface area contributed by atoms with Gasteiger partial charge < -0.3 is 4.52 Å². The molecule has 4 heteroatoms. The summed E-state index contributed by atoms with van der Waals surface area (Å²) in [4.78, 5) is 0. The summed E-state index contributed by atoms with van der Waals surface area (Å²) in [6.45, 7) is 13.9. The summed E-state index contributed by atoms with van der Waals surface area (Å²) in [5.74, 6) is 0. The summed E-state index contributed by atoms with van der Waals surface area (Å²) in [5.41, 5.74) is 1.89. The predicted molar refractivity (Wildman–Crippen MR) is 112 cm³/mol. The average Bonchev–Trinajstić information content (AvgIpc) is 3.40. The highest BCUT2D eigenvalue weighted by Gasteiger charge is 2.02. The smallest absolute Gasteiger partial charge is 0.177 e. The minimum absolute atomic E-state index is 0.900. The molecule has 0 saturated carbocycles. The number of fused-ring (bicyclic) bond motifs is 2. The Balaban J connectivity index is 0.000000338. The molecule has 3 aromatic heterocycles. The maximum atomic E-state index is 4.95. The number of nitrogens with zero attached hydrogens (tertiary/aromatic N) is 1. The lowest BCUT2D eigenvalue weighted by Gasteiger charge is -1.82. The lowest BCUT2D eigenvalue weighted by molar-refractivity contribution is 0.450. The average molecular weight is 364 g/mol. The molecule has 0 atom stereocenters. The third-order valence-corrected chi connectivity index (χ3v) is 4.50. The lowest BCUT2D eigenvalue weighted by Crippen LogP contribution is -1.62. The van der Waals surface area contributed by atoms with Gasteiger partial charge in [0.15, 0.2) is 5.58 Å². The Morgan fingerprint density at radius 1 is 0.792 bits per heavy atom. The zero-order valence-electron chi connectivity index (χ0n) is 15.8. The van der Waals surface area contributed by atoms with Crippen molar-refractivity contribution in [3.05, 3.63) is 52.9 Å². The van der Waals surface area contributed by atoms with Crippen LogP contribution >= 0.6 is 22.7 Å². The molecule has 0 radical (unpaired) electrons. The van der Waals surface area contributed by atoms with Crippen LogP contribution in [0.25, 0.3) is 20.4 Å². The molecular formula is C20H29NOS2. The molecule has 0 aliphatic carbocycles. The number of hydrogen-bond donors (Lipinski definition) is 0. The van der Waals surface area contributed by atoms with Gasteiger partial charge in [0, 0.05) is 4.70 Å². The molecule has 0 saturated heterocycles. The van der Waals surface area contributed by atoms with Crippen LogP contribution < -0.4 is 0 Å². The van der Waals surface area contributed by atoms with Crippen molar-refractivity contribution in [1.82, 2.24) is 5.16 Å². The van der Waals surface area contributed by atoms with Crippen LogP contribution in [0, 0.1) is 6.92 Å². The Kier molecular flexibility index (Phi) is 12.8. The first-order valence-corrected chi connectivity index (χ1v) is 10.3. The highest BCUT2D eigenvalue weighted by atomic mass is 32.1. The van der Waals surface area contributed by atoms with Crippen molar-refractivity contribution in [2.45, 2.75) is 48.5 Å². The van der Waals surface area contributed by atoms with Crippen molar-refractivity contribution in [2.75, 3.05) is 0 Å². The van der Waals surface area contributed by atoms with E-state index >= 15 is 0 Å². The number of thiophene rings is 2. The van der Waals surface area contributed by atoms with Gasteiger partial charge in [-0.05, 0) is 41.3 Å². The standard InChI is InChI=1S/C8H6S.C6H5NOS.3C2H6/c1-2-4-8-7(3-1)5-6-9-8;1-4-6-5(8-7-4)2-3-9-6;3*1-2/h1-6H;2-3H,1H3;3*1-2H3. The van der Waals surface area contributed by atoms with E-state index in [4.69, 9.17) is 4.52 Å². The van der Waals surface area contributed by atoms with E-state index in [9.17, 15) is 0 Å². The summed E-state index contributed by atoms with van der Waals surface area (Å²) in [5, 5.41) is 9.26. The van der Waals surface area contributed by atoms with Crippen LogP contribution in [0.4, 0.5) is 0 Å². The first-order chi connectivity index (χ1) is 11.8. The van der Waals surface area contributed by atoms with E-state index in [2.05, 4.69) is 40.9 Å². The van der Waals surface area contributed by atoms with Crippen molar-refractivity contribution >= 4 is 43.0 Å². The van der Waals surface area contributed by atoms with Gasteiger partial charge in [0.05, 0.1) is 10.4 Å². The molecule has 0 amide bonds. The number of rotatable bonds is 0. The predicted octanol–water partition coefficient (Wildman–Crippen LogP) is 8.18. The van der Waals surface area contributed by atoms with E-state index in [0.717, 1.165) is 16.0 Å². The van der Waals surface area contributed by atoms with Crippen molar-refractivity contribution in [2.24, 2.45) is 0 Å². The van der Waals surface area contributed by atoms with Crippen LogP contribution in [0.2, 0.25) is 0 Å². The van der Waals surface area contributed by atoms with Crippen LogP contribution in [-0.4, -0.2) is 5.16 Å². The molecule has 24 heavy (non-hydrogen) atoms. The summed E-state index contributed by atoms with van der Waals surface area (Å²) < 4.78 is 7.48. The third kappa shape index (κ3) is 6.46. The molecule has 4 rings (SSSR count). The topological polar surface area (TPSA) is 26.0 Å². The van der Waals surface area contributed by atoms with Gasteiger partial charge in [-0.2, -0.15) is 0 Å². The van der Waals surface area contributed by atoms with Crippen molar-refractivity contribution in [1.29, 1.82) is 0 Å². The second-order valence-electron chi connectivity index (χ2n) is 3.84. The quantitative estimate of drug-likeness (QED) is 0.315. The van der Waals surface area contributed by atoms with Crippen molar-refractivity contribution in [3.8, 4) is 0 Å². The van der Waals surface area contributed by atoms with Gasteiger partial charge in [-0.1, -0.05) is 64.9 Å². The Morgan fingerprint density at radius 3 is 2.04 bits per heavy atom. The maximum Gasteiger partial charge on any atom is 0.177 e. The summed E-state index contributed by atoms with van der Waals surface area (Å²) in [7, 11) is 0. The summed E-state index contributed by atoms with van der Waals surface area (Å²) in [6.07, 6.45) is 0. The zero-order valence-corrected chi connectivity index (χ0v) is 17.4. The van der Waals surface area contributed by atoms with E-state index in [1.54, 1.807) is 22.7 Å². The monoisotopic (exact) mass is 363 g/mol. The summed E-state index contributed by atoms with van der Waals surface area (Å²) in [6, 6.07) is 12.5. The SMILES string of the molecule is CC.CC.CC.Cc1noc2ccsc12.c1ccc2sccc2c1. The zero-order chi connectivity index (χ0) is 18.4. The second kappa shape index (κ2) is 13.8. The van der Waals surface area contributed by atoms with Gasteiger partial charge >= 0.3 is 0 Å². The highest BCUT2D eigenvalue weighted by molar-refractivity contribution is 7.17. The fourth-order valence-corrected chi connectivity index (χ4v) is 3.25. The van der Waals surface area contributed by atoms with Crippen LogP contribution in [0.1, 0.15) is 47.2 Å². The summed E-state index contributed by atoms with van der Waals surface area (Å²) >= 11 is 3.45. The van der Waals surface area contributed by atoms with Gasteiger partial charge in [-0.25, -0.2) is 0 Å². The molecule has 0 unspecified atom stereocenters. The van der Waals surface area contributed by atoms with Crippen LogP contribution in [0.15, 0.2) is 51.7 Å². The Bertz CT molecular complexity index is 738. The van der Waals surface area contributed by atoms with Crippen LogP contribution in [0.5, 0.6) is 0 Å². The molecular weight excluding hydrogens is 334 g/mol. The molecule has 0 aliphatic rings. The molecule has 0 fully saturated rings. The third-order valence-electron chi connectivity index (χ3n) is 2.60. The molecule has 2 nitrogen and oxygen atoms in total. The van der Waals surface area contributed by atoms with Gasteiger partial charge in [0.1, 0.15) is 0 Å². The van der Waals surface area contributed by atoms with Gasteiger partial charge in [0.2, 0.25) is 0 Å². The Hall–Kier alpha value is -1.65. The molecule has 132 valence electrons. The number of aryl methyl sites for hydroxylation is 1. The minimum atomic E-state index is 0.900. The number of aromatic nitrogens is 1. The molecule has 0 bridgehead atoms. The van der Waals surface area contributed by atoms with E-state index in [1.807, 2.05) is 59.9 Å². The molecule has 3 heterocycles. The van der Waals surface area contributed by atoms with Gasteiger partial charge in [-0.3, -0.25) is 0 Å². The highest BCUT2D eigenvalue weighted by Crippen LogP contribution is 2.22. The van der Waals surface area contributed by atoms with Crippen molar-refractivity contribution in [3.63, 3.8) is 0 Å². The van der Waals surface area contributed by atoms with Crippen LogP contribution in [-0.2, 0) is 0 Å². The van der Waals surface area contributed by atoms with E-state index in [0.29, 0.717) is 0 Å². The lowest BCUT2D eigenvalue weighted by atomic mass is 10.3. The van der Waals surface area contributed by atoms with E-state index in [-0.39, 0.29) is 0 Å². The van der Waals surface area contributed by atoms with E-state index in [1.165, 1.54) is 10.1 Å². The Morgan fingerprint density at radius 2 is 1.42 bits per heavy atom. The molecule has 0 spiro atoms. The maximum absolute atomic E-state index is 4.95. The van der Waals surface area contributed by atoms with Gasteiger partial charge in [-0.15, -0.1) is 22.7 Å². The molecule has 0 aliphatic heterocycles. The minimum Gasteiger partial charge on any atom is -0.355 e. The number of benzene rings is 1. The fraction of sp³-hybridized carbons (Fsp3) is 0.350. The largest absolute Gasteiger partial charge is 0.355 e. The normalized spacial score (nSPS) is 8.62. The van der Waals surface area contributed by atoms with Gasteiger partial charge in [0.25, 0.3) is 0 Å². The molecule has 4 aromatic rings. The van der Waals surface area contributed by atoms with Crippen molar-refractivity contribution < 1.29 is 4.52 Å². The second-order valence-corrected chi connectivity index (χ2v) is 5.70. The number of hydrogen-bond acceptors (Lipinski definition) is 4. The van der Waals surface area contributed by atoms with E-state index < -0.39 is 0 Å². The molecule has 0 N–H and O–H groups in total. The van der Waals surface area contributed by atoms with Crippen LogP contribution in [0.3, 0.4) is 0 Å².